The molecule has 18 heteroatoms. The summed E-state index contributed by atoms with van der Waals surface area (Å²) in [7, 11) is -4.76. The van der Waals surface area contributed by atoms with Crippen LogP contribution in [0.1, 0.15) is 86.3 Å². The molecule has 4 N–H and O–H groups in total. The number of fused-ring (bicyclic) bond motifs is 4. The van der Waals surface area contributed by atoms with E-state index in [4.69, 9.17) is 29.7 Å². The van der Waals surface area contributed by atoms with Crippen molar-refractivity contribution >= 4 is 55.2 Å². The Balaban J connectivity index is 1.01. The quantitative estimate of drug-likeness (QED) is 0.0862. The molecule has 17 nitrogen and oxygen atoms in total. The van der Waals surface area contributed by atoms with Gasteiger partial charge in [0.25, 0.3) is 11.6 Å². The second kappa shape index (κ2) is 17.2. The Bertz CT molecular complexity index is 2910. The van der Waals surface area contributed by atoms with Gasteiger partial charge >= 0.3 is 0 Å². The number of likely N-dealkylation sites (tertiary alicyclic amines) is 1. The number of aryl methyl sites for hydroxylation is 1. The lowest BCUT2D eigenvalue weighted by Crippen LogP contribution is -2.55. The Labute approximate surface area is 395 Å². The van der Waals surface area contributed by atoms with E-state index in [-0.39, 0.29) is 69.7 Å². The van der Waals surface area contributed by atoms with Gasteiger partial charge in [0.2, 0.25) is 15.7 Å². The molecule has 68 heavy (non-hydrogen) atoms. The molecule has 1 aliphatic carbocycles. The number of anilines is 4. The minimum absolute atomic E-state index is 0.0232. The summed E-state index contributed by atoms with van der Waals surface area (Å²) < 4.78 is 56.4. The summed E-state index contributed by atoms with van der Waals surface area (Å²) >= 11 is 0. The number of amides is 1. The van der Waals surface area contributed by atoms with E-state index >= 15 is 8.42 Å². The number of ether oxygens (including phenoxy) is 4. The van der Waals surface area contributed by atoms with E-state index in [1.165, 1.54) is 23.6 Å². The molecule has 3 saturated heterocycles. The molecule has 1 amide bonds. The van der Waals surface area contributed by atoms with Gasteiger partial charge in [0.05, 0.1) is 58.2 Å². The number of nitrogens with two attached hydrogens (primary N) is 1. The van der Waals surface area contributed by atoms with Crippen LogP contribution in [0.5, 0.6) is 11.6 Å². The Kier molecular flexibility index (Phi) is 11.3. The van der Waals surface area contributed by atoms with E-state index in [1.54, 1.807) is 18.3 Å². The molecule has 0 unspecified atom stereocenters. The molecule has 2 aromatic heterocycles. The first-order valence-corrected chi connectivity index (χ1v) is 25.4. The zero-order chi connectivity index (χ0) is 47.1. The van der Waals surface area contributed by atoms with Crippen molar-refractivity contribution in [1.82, 2.24) is 14.9 Å². The highest BCUT2D eigenvalue weighted by molar-refractivity contribution is 7.91. The summed E-state index contributed by atoms with van der Waals surface area (Å²) in [5, 5.41) is 16.8. The number of nitro benzene ring substituents is 1. The summed E-state index contributed by atoms with van der Waals surface area (Å²) in [4.78, 5) is 40.2. The molecule has 1 spiro atoms. The van der Waals surface area contributed by atoms with Gasteiger partial charge in [0, 0.05) is 55.5 Å². The number of nitrogens with zero attached hydrogens (tertiary/aromatic N) is 5. The minimum atomic E-state index is -4.76. The van der Waals surface area contributed by atoms with E-state index < -0.39 is 44.5 Å². The van der Waals surface area contributed by atoms with Crippen LogP contribution < -0.4 is 30.3 Å². The second-order valence-electron chi connectivity index (χ2n) is 19.8. The van der Waals surface area contributed by atoms with Crippen molar-refractivity contribution in [2.45, 2.75) is 112 Å². The molecule has 1 saturated carbocycles. The molecule has 4 fully saturated rings. The average Bonchev–Trinajstić information content (AvgIpc) is 4.00. The maximum atomic E-state index is 16.0. The molecule has 11 rings (SSSR count). The lowest BCUT2D eigenvalue weighted by atomic mass is 9.59. The average molecular weight is 947 g/mol. The molecular weight excluding hydrogens is 889 g/mol. The number of benzene rings is 3. The van der Waals surface area contributed by atoms with E-state index in [9.17, 15) is 14.9 Å². The maximum Gasteiger partial charge on any atom is 0.297 e. The third kappa shape index (κ3) is 7.69. The highest BCUT2D eigenvalue weighted by Gasteiger charge is 2.51. The Morgan fingerprint density at radius 2 is 1.85 bits per heavy atom. The van der Waals surface area contributed by atoms with Crippen molar-refractivity contribution in [2.75, 3.05) is 61.2 Å². The van der Waals surface area contributed by atoms with Crippen molar-refractivity contribution < 1.29 is 37.1 Å². The van der Waals surface area contributed by atoms with Crippen LogP contribution in [0.3, 0.4) is 0 Å². The number of nitrogens with one attached hydrogen (secondary N) is 2. The number of piperidine rings is 1. The number of nitro groups is 1. The normalized spacial score (nSPS) is 23.6. The lowest BCUT2D eigenvalue weighted by Gasteiger charge is -2.56. The van der Waals surface area contributed by atoms with E-state index in [0.29, 0.717) is 55.2 Å². The number of carbonyl (C=O) groups is 1. The summed E-state index contributed by atoms with van der Waals surface area (Å²) in [5.41, 5.74) is 10.2. The predicted octanol–water partition coefficient (Wildman–Crippen LogP) is 7.58. The zero-order valence-corrected chi connectivity index (χ0v) is 39.4. The first kappa shape index (κ1) is 44.5. The molecule has 5 aliphatic heterocycles. The van der Waals surface area contributed by atoms with Gasteiger partial charge in [-0.25, -0.2) is 8.42 Å². The zero-order valence-electron chi connectivity index (χ0n) is 38.6. The first-order chi connectivity index (χ1) is 32.8. The molecule has 6 aliphatic rings. The number of H-pyrrole nitrogens is 1. The first-order valence-electron chi connectivity index (χ1n) is 23.9. The second-order valence-corrected chi connectivity index (χ2v) is 21.7. The molecule has 5 aromatic rings. The van der Waals surface area contributed by atoms with Crippen LogP contribution in [-0.2, 0) is 19.3 Å². The number of aromatic amines is 1. The lowest BCUT2D eigenvalue weighted by molar-refractivity contribution is -0.384. The van der Waals surface area contributed by atoms with Crippen molar-refractivity contribution in [3.8, 4) is 11.6 Å². The van der Waals surface area contributed by atoms with Crippen LogP contribution in [0.25, 0.3) is 11.0 Å². The van der Waals surface area contributed by atoms with Gasteiger partial charge < -0.3 is 44.8 Å². The third-order valence-electron chi connectivity index (χ3n) is 15.3. The van der Waals surface area contributed by atoms with Crippen molar-refractivity contribution in [3.63, 3.8) is 0 Å². The Hall–Kier alpha value is -5.95. The van der Waals surface area contributed by atoms with E-state index in [2.05, 4.69) is 51.3 Å². The number of sulfone groups is 1. The van der Waals surface area contributed by atoms with Gasteiger partial charge in [-0.1, -0.05) is 24.3 Å². The SMILES string of the molecule is Cc1ccccc1[C@@H]1CCCN1C1CC2(CCN(c3ccc(C(N)=O)c(N4c5cc6cc[nH]c6nc5O[C@H]5COCC[C@H]54)c3S(=O)(=O)c3cc4c(c([N+](=O)[O-])c3)N[C@@H](COC(C)C)CO4)CC2)C1. The van der Waals surface area contributed by atoms with Crippen LogP contribution in [0.2, 0.25) is 0 Å². The van der Waals surface area contributed by atoms with Crippen molar-refractivity contribution in [2.24, 2.45) is 11.1 Å². The van der Waals surface area contributed by atoms with Crippen LogP contribution >= 0.6 is 0 Å². The third-order valence-corrected chi connectivity index (χ3v) is 17.1. The number of hydrogen-bond acceptors (Lipinski definition) is 14. The van der Waals surface area contributed by atoms with Crippen LogP contribution in [0, 0.1) is 22.5 Å². The fourth-order valence-electron chi connectivity index (χ4n) is 11.9. The van der Waals surface area contributed by atoms with Crippen LogP contribution in [-0.4, -0.2) is 111 Å². The molecule has 4 atom stereocenters. The molecule has 0 bridgehead atoms. The molecule has 358 valence electrons. The van der Waals surface area contributed by atoms with Crippen LogP contribution in [0.15, 0.2) is 76.7 Å². The fraction of sp³-hybridized carbons (Fsp3) is 0.480. The molecule has 0 radical (unpaired) electrons. The van der Waals surface area contributed by atoms with Crippen molar-refractivity contribution in [3.05, 3.63) is 93.7 Å². The van der Waals surface area contributed by atoms with Gasteiger partial charge in [-0.2, -0.15) is 4.98 Å². The maximum absolute atomic E-state index is 16.0. The summed E-state index contributed by atoms with van der Waals surface area (Å²) in [6.45, 7) is 9.06. The monoisotopic (exact) mass is 946 g/mol. The summed E-state index contributed by atoms with van der Waals surface area (Å²) in [6, 6.07) is 18.1. The topological polar surface area (TPSA) is 208 Å². The molecule has 7 heterocycles. The van der Waals surface area contributed by atoms with Crippen molar-refractivity contribution in [1.29, 1.82) is 0 Å². The molecule has 3 aromatic carbocycles. The largest absolute Gasteiger partial charge is 0.489 e. The highest BCUT2D eigenvalue weighted by Crippen LogP contribution is 2.56. The Morgan fingerprint density at radius 3 is 2.62 bits per heavy atom. The van der Waals surface area contributed by atoms with Gasteiger partial charge in [0.1, 0.15) is 28.9 Å². The van der Waals surface area contributed by atoms with Gasteiger partial charge in [-0.3, -0.25) is 19.8 Å². The highest BCUT2D eigenvalue weighted by atomic mass is 32.2. The number of pyridine rings is 1. The van der Waals surface area contributed by atoms with Crippen LogP contribution in [0.4, 0.5) is 28.4 Å². The number of carbonyl (C=O) groups excluding carboxylic acids is 1. The van der Waals surface area contributed by atoms with Gasteiger partial charge in [-0.15, -0.1) is 0 Å². The van der Waals surface area contributed by atoms with E-state index in [0.717, 1.165) is 50.1 Å². The van der Waals surface area contributed by atoms with Gasteiger partial charge in [-0.05, 0) is 113 Å². The Morgan fingerprint density at radius 1 is 1.04 bits per heavy atom. The van der Waals surface area contributed by atoms with E-state index in [1.807, 2.05) is 30.9 Å². The number of rotatable bonds is 11. The predicted molar refractivity (Wildman–Crippen MR) is 256 cm³/mol. The summed E-state index contributed by atoms with van der Waals surface area (Å²) in [5.74, 6) is -0.578. The number of hydrogen-bond donors (Lipinski definition) is 3. The minimum Gasteiger partial charge on any atom is -0.489 e. The molecular formula is C50H58N8O9S. The summed E-state index contributed by atoms with van der Waals surface area (Å²) in [6.07, 6.45) is 7.70. The standard InChI is InChI=1S/C50H58N8O9S/c1-29(2)65-26-32-27-66-42-23-34(22-40(58(60)61)44(42)53-32)68(62,63)46-39(55-18-14-50(15-19-55)24-33(25-50)56-17-6-9-37(56)35-8-5-4-7-30(35)3)11-10-36(47(51)59)45(46)57-38-13-20-64-28-43(38)67-49-41(57)21-31-12-16-52-48(31)54-49/h4-5,7-8,10-12,16,21-23,29,32-33,37-38,43,53H,6,9,13-15,17-20,24-28H2,1-3H3,(H2,51,59)(H,52,54)/t32-,37-,38+,43-/m0/s1. The fourth-order valence-corrected chi connectivity index (χ4v) is 13.6. The van der Waals surface area contributed by atoms with Gasteiger partial charge in [0.15, 0.2) is 11.4 Å². The number of primary amides is 1. The smallest absolute Gasteiger partial charge is 0.297 e. The number of aromatic nitrogens is 2.